The average Bonchev–Trinajstić information content (AvgIpc) is 3.19. The summed E-state index contributed by atoms with van der Waals surface area (Å²) in [6, 6.07) is 6.60. The molecule has 0 saturated heterocycles. The lowest BCUT2D eigenvalue weighted by Gasteiger charge is -2.13. The van der Waals surface area contributed by atoms with Crippen LogP contribution in [-0.4, -0.2) is 23.0 Å². The van der Waals surface area contributed by atoms with Crippen LogP contribution in [0.25, 0.3) is 0 Å². The van der Waals surface area contributed by atoms with Gasteiger partial charge in [0.1, 0.15) is 6.04 Å². The van der Waals surface area contributed by atoms with Crippen LogP contribution in [0.15, 0.2) is 24.3 Å². The summed E-state index contributed by atoms with van der Waals surface area (Å²) in [6.45, 7) is 0. The molecular weight excluding hydrogens is 244 g/mol. The minimum Gasteiger partial charge on any atom is -0.480 e. The van der Waals surface area contributed by atoms with Gasteiger partial charge in [-0.25, -0.2) is 4.79 Å². The van der Waals surface area contributed by atoms with E-state index >= 15 is 0 Å². The van der Waals surface area contributed by atoms with E-state index in [1.807, 2.05) is 12.1 Å². The average molecular weight is 262 g/mol. The molecule has 1 aromatic rings. The summed E-state index contributed by atoms with van der Waals surface area (Å²) < 4.78 is 0. The molecule has 1 fully saturated rings. The van der Waals surface area contributed by atoms with Crippen molar-refractivity contribution in [2.75, 3.05) is 5.73 Å². The number of nitrogens with one attached hydrogen (secondary N) is 1. The summed E-state index contributed by atoms with van der Waals surface area (Å²) in [6.07, 6.45) is 2.65. The van der Waals surface area contributed by atoms with Gasteiger partial charge in [0.05, 0.1) is 0 Å². The van der Waals surface area contributed by atoms with E-state index in [-0.39, 0.29) is 11.8 Å². The summed E-state index contributed by atoms with van der Waals surface area (Å²) in [5.74, 6) is -1.04. The van der Waals surface area contributed by atoms with Crippen LogP contribution >= 0.6 is 0 Å². The van der Waals surface area contributed by atoms with Gasteiger partial charge in [-0.1, -0.05) is 12.1 Å². The van der Waals surface area contributed by atoms with Gasteiger partial charge in [0.2, 0.25) is 5.91 Å². The predicted octanol–water partition coefficient (Wildman–Crippen LogP) is 1.18. The summed E-state index contributed by atoms with van der Waals surface area (Å²) in [5, 5.41) is 11.6. The van der Waals surface area contributed by atoms with Crippen molar-refractivity contribution in [1.82, 2.24) is 5.32 Å². The van der Waals surface area contributed by atoms with Gasteiger partial charge in [0, 0.05) is 12.1 Å². The molecule has 1 saturated carbocycles. The zero-order valence-corrected chi connectivity index (χ0v) is 10.6. The zero-order chi connectivity index (χ0) is 13.8. The topological polar surface area (TPSA) is 92.4 Å². The van der Waals surface area contributed by atoms with E-state index in [1.54, 1.807) is 12.1 Å². The summed E-state index contributed by atoms with van der Waals surface area (Å²) in [7, 11) is 0. The highest BCUT2D eigenvalue weighted by molar-refractivity contribution is 5.84. The molecule has 0 bridgehead atoms. The Hall–Kier alpha value is -2.04. The maximum absolute atomic E-state index is 11.7. The molecule has 1 amide bonds. The Morgan fingerprint density at radius 2 is 1.95 bits per heavy atom. The molecule has 0 spiro atoms. The number of benzene rings is 1. The van der Waals surface area contributed by atoms with Crippen molar-refractivity contribution in [3.8, 4) is 0 Å². The molecule has 1 atom stereocenters. The lowest BCUT2D eigenvalue weighted by molar-refractivity contribution is -0.142. The Kier molecular flexibility index (Phi) is 4.04. The van der Waals surface area contributed by atoms with E-state index in [2.05, 4.69) is 5.32 Å². The number of carboxylic acid groups (broad SMARTS) is 1. The first kappa shape index (κ1) is 13.4. The van der Waals surface area contributed by atoms with Crippen molar-refractivity contribution in [2.24, 2.45) is 5.92 Å². The van der Waals surface area contributed by atoms with Crippen LogP contribution in [0.2, 0.25) is 0 Å². The van der Waals surface area contributed by atoms with Gasteiger partial charge >= 0.3 is 5.97 Å². The lowest BCUT2D eigenvalue weighted by atomic mass is 10.1. The minimum atomic E-state index is -0.941. The fourth-order valence-electron chi connectivity index (χ4n) is 2.00. The molecule has 5 nitrogen and oxygen atoms in total. The quantitative estimate of drug-likeness (QED) is 0.671. The largest absolute Gasteiger partial charge is 0.480 e. The monoisotopic (exact) mass is 262 g/mol. The number of carbonyl (C=O) groups is 2. The maximum atomic E-state index is 11.7. The highest BCUT2D eigenvalue weighted by atomic mass is 16.4. The molecule has 1 unspecified atom stereocenters. The van der Waals surface area contributed by atoms with Crippen LogP contribution in [0.4, 0.5) is 5.69 Å². The van der Waals surface area contributed by atoms with Gasteiger partial charge in [-0.2, -0.15) is 0 Å². The Bertz CT molecular complexity index is 466. The first-order chi connectivity index (χ1) is 9.06. The third-order valence-corrected chi connectivity index (χ3v) is 3.30. The molecule has 0 aromatic heterocycles. The van der Waals surface area contributed by atoms with Crippen molar-refractivity contribution in [3.05, 3.63) is 29.8 Å². The highest BCUT2D eigenvalue weighted by Gasteiger charge is 2.37. The highest BCUT2D eigenvalue weighted by Crippen LogP contribution is 2.32. The molecule has 4 N–H and O–H groups in total. The molecular formula is C14H18N2O3. The third-order valence-electron chi connectivity index (χ3n) is 3.30. The van der Waals surface area contributed by atoms with Gasteiger partial charge in [-0.15, -0.1) is 0 Å². The van der Waals surface area contributed by atoms with Crippen molar-refractivity contribution in [3.63, 3.8) is 0 Å². The number of aliphatic carboxylic acids is 1. The number of carboxylic acids is 1. The van der Waals surface area contributed by atoms with Crippen molar-refractivity contribution in [1.29, 1.82) is 0 Å². The molecule has 0 radical (unpaired) electrons. The minimum absolute atomic E-state index is 0.109. The SMILES string of the molecule is Nc1ccc(CCC(=O)NC(C(=O)O)C2CC2)cc1. The smallest absolute Gasteiger partial charge is 0.326 e. The lowest BCUT2D eigenvalue weighted by Crippen LogP contribution is -2.42. The number of amides is 1. The van der Waals surface area contributed by atoms with E-state index in [9.17, 15) is 9.59 Å². The third kappa shape index (κ3) is 3.98. The Morgan fingerprint density at radius 3 is 2.47 bits per heavy atom. The second-order valence-electron chi connectivity index (χ2n) is 4.96. The molecule has 1 aliphatic carbocycles. The number of hydrogen-bond acceptors (Lipinski definition) is 3. The van der Waals surface area contributed by atoms with Crippen LogP contribution in [0.3, 0.4) is 0 Å². The number of nitrogens with two attached hydrogens (primary N) is 1. The van der Waals surface area contributed by atoms with E-state index in [4.69, 9.17) is 10.8 Å². The van der Waals surface area contributed by atoms with Crippen LogP contribution < -0.4 is 11.1 Å². The number of anilines is 1. The van der Waals surface area contributed by atoms with E-state index in [0.717, 1.165) is 18.4 Å². The van der Waals surface area contributed by atoms with Crippen molar-refractivity contribution < 1.29 is 14.7 Å². The maximum Gasteiger partial charge on any atom is 0.326 e. The second kappa shape index (κ2) is 5.73. The first-order valence-electron chi connectivity index (χ1n) is 6.43. The zero-order valence-electron chi connectivity index (χ0n) is 10.6. The van der Waals surface area contributed by atoms with Gasteiger partial charge in [-0.3, -0.25) is 4.79 Å². The number of hydrogen-bond donors (Lipinski definition) is 3. The molecule has 1 aromatic carbocycles. The predicted molar refractivity (Wildman–Crippen MR) is 71.5 cm³/mol. The molecule has 1 aliphatic rings. The Balaban J connectivity index is 1.80. The van der Waals surface area contributed by atoms with E-state index in [1.165, 1.54) is 0 Å². The molecule has 0 heterocycles. The fourth-order valence-corrected chi connectivity index (χ4v) is 2.00. The van der Waals surface area contributed by atoms with Gasteiger partial charge in [0.15, 0.2) is 0 Å². The van der Waals surface area contributed by atoms with Gasteiger partial charge in [0.25, 0.3) is 0 Å². The van der Waals surface area contributed by atoms with Crippen LogP contribution in [-0.2, 0) is 16.0 Å². The molecule has 0 aliphatic heterocycles. The summed E-state index contributed by atoms with van der Waals surface area (Å²) >= 11 is 0. The van der Waals surface area contributed by atoms with Crippen LogP contribution in [0.1, 0.15) is 24.8 Å². The van der Waals surface area contributed by atoms with Crippen LogP contribution in [0, 0.1) is 5.92 Å². The van der Waals surface area contributed by atoms with Gasteiger partial charge in [-0.05, 0) is 42.9 Å². The summed E-state index contributed by atoms with van der Waals surface area (Å²) in [4.78, 5) is 22.7. The van der Waals surface area contributed by atoms with Gasteiger partial charge < -0.3 is 16.2 Å². The Morgan fingerprint density at radius 1 is 1.32 bits per heavy atom. The number of aryl methyl sites for hydroxylation is 1. The molecule has 102 valence electrons. The van der Waals surface area contributed by atoms with Crippen molar-refractivity contribution in [2.45, 2.75) is 31.7 Å². The number of nitrogen functional groups attached to an aromatic ring is 1. The number of rotatable bonds is 6. The first-order valence-corrected chi connectivity index (χ1v) is 6.43. The Labute approximate surface area is 111 Å². The van der Waals surface area contributed by atoms with Crippen molar-refractivity contribution >= 4 is 17.6 Å². The van der Waals surface area contributed by atoms with E-state index in [0.29, 0.717) is 18.5 Å². The molecule has 19 heavy (non-hydrogen) atoms. The standard InChI is InChI=1S/C14H18N2O3/c15-11-6-1-9(2-7-11)3-8-12(17)16-13(14(18)19)10-4-5-10/h1-2,6-7,10,13H,3-5,8,15H2,(H,16,17)(H,18,19). The molecule has 5 heteroatoms. The second-order valence-corrected chi connectivity index (χ2v) is 4.96. The number of carbonyl (C=O) groups excluding carboxylic acids is 1. The normalized spacial score (nSPS) is 15.8. The van der Waals surface area contributed by atoms with E-state index < -0.39 is 12.0 Å². The molecule has 2 rings (SSSR count). The summed E-state index contributed by atoms with van der Waals surface area (Å²) in [5.41, 5.74) is 7.28. The van der Waals surface area contributed by atoms with Crippen LogP contribution in [0.5, 0.6) is 0 Å². The fraction of sp³-hybridized carbons (Fsp3) is 0.429.